The topological polar surface area (TPSA) is 27.0 Å². The van der Waals surface area contributed by atoms with Crippen molar-refractivity contribution in [2.24, 2.45) is 17.8 Å². The Balaban J connectivity index is 2.08. The van der Waals surface area contributed by atoms with E-state index in [-0.39, 0.29) is 5.92 Å². The molecule has 0 saturated carbocycles. The van der Waals surface area contributed by atoms with Gasteiger partial charge in [-0.3, -0.25) is 0 Å². The number of rotatable bonds is 7. The lowest BCUT2D eigenvalue weighted by molar-refractivity contribution is 0.0528. The fraction of sp³-hybridized carbons (Fsp3) is 0.929. The van der Waals surface area contributed by atoms with E-state index in [1.807, 2.05) is 6.92 Å². The summed E-state index contributed by atoms with van der Waals surface area (Å²) in [5.74, 6) is 1.96. The fourth-order valence-electron chi connectivity index (χ4n) is 2.50. The fourth-order valence-corrected chi connectivity index (χ4v) is 2.50. The Kier molecular flexibility index (Phi) is 5.84. The molecule has 0 bridgehead atoms. The lowest BCUT2D eigenvalue weighted by atomic mass is 9.83. The molecule has 0 aliphatic carbocycles. The summed E-state index contributed by atoms with van der Waals surface area (Å²) in [4.78, 5) is 2.43. The number of nitriles is 1. The van der Waals surface area contributed by atoms with Gasteiger partial charge in [-0.25, -0.2) is 0 Å². The van der Waals surface area contributed by atoms with Gasteiger partial charge in [0.25, 0.3) is 0 Å². The van der Waals surface area contributed by atoms with E-state index in [0.29, 0.717) is 0 Å². The van der Waals surface area contributed by atoms with Crippen molar-refractivity contribution in [2.45, 2.75) is 46.5 Å². The zero-order valence-electron chi connectivity index (χ0n) is 11.1. The lowest BCUT2D eigenvalue weighted by Gasteiger charge is -2.43. The van der Waals surface area contributed by atoms with Crippen LogP contribution in [0.5, 0.6) is 0 Å². The highest BCUT2D eigenvalue weighted by atomic mass is 15.2. The van der Waals surface area contributed by atoms with E-state index in [1.54, 1.807) is 0 Å². The van der Waals surface area contributed by atoms with Gasteiger partial charge in [0, 0.05) is 19.6 Å². The molecule has 0 spiro atoms. The van der Waals surface area contributed by atoms with Crippen molar-refractivity contribution in [1.29, 1.82) is 5.26 Å². The lowest BCUT2D eigenvalue weighted by Crippen LogP contribution is -2.50. The molecule has 0 amide bonds. The Labute approximate surface area is 101 Å². The summed E-state index contributed by atoms with van der Waals surface area (Å²) in [5, 5.41) is 8.74. The van der Waals surface area contributed by atoms with Crippen molar-refractivity contribution in [2.75, 3.05) is 19.6 Å². The van der Waals surface area contributed by atoms with E-state index in [0.717, 1.165) is 18.4 Å². The van der Waals surface area contributed by atoms with Gasteiger partial charge in [-0.15, -0.1) is 0 Å². The molecule has 1 aliphatic rings. The third kappa shape index (κ3) is 4.14. The van der Waals surface area contributed by atoms with Crippen LogP contribution in [0.15, 0.2) is 0 Å². The maximum absolute atomic E-state index is 8.74. The van der Waals surface area contributed by atoms with Gasteiger partial charge in [0.15, 0.2) is 0 Å². The second-order valence-corrected chi connectivity index (χ2v) is 5.48. The summed E-state index contributed by atoms with van der Waals surface area (Å²) in [6.07, 6.45) is 5.48. The van der Waals surface area contributed by atoms with Crippen LogP contribution in [0.1, 0.15) is 46.5 Å². The van der Waals surface area contributed by atoms with Gasteiger partial charge in [-0.1, -0.05) is 39.5 Å². The molecule has 1 saturated heterocycles. The molecule has 0 N–H and O–H groups in total. The van der Waals surface area contributed by atoms with E-state index in [1.165, 1.54) is 38.8 Å². The minimum atomic E-state index is 0.191. The van der Waals surface area contributed by atoms with Crippen LogP contribution in [-0.2, 0) is 0 Å². The van der Waals surface area contributed by atoms with Gasteiger partial charge >= 0.3 is 0 Å². The van der Waals surface area contributed by atoms with Gasteiger partial charge in [0.05, 0.1) is 12.0 Å². The standard InChI is InChI=1S/C14H26N2/c1-4-5-6-7-13(3)14-10-16(11-14)9-12(2)8-15/h12-14H,4-7,9-11H2,1-3H3. The largest absolute Gasteiger partial charge is 0.301 e. The summed E-state index contributed by atoms with van der Waals surface area (Å²) in [6.45, 7) is 10.1. The average molecular weight is 222 g/mol. The minimum absolute atomic E-state index is 0.191. The molecular formula is C14H26N2. The molecule has 0 aromatic heterocycles. The Bertz CT molecular complexity index is 225. The van der Waals surface area contributed by atoms with Crippen LogP contribution >= 0.6 is 0 Å². The first-order chi connectivity index (χ1) is 7.67. The SMILES string of the molecule is CCCCCC(C)C1CN(CC(C)C#N)C1. The van der Waals surface area contributed by atoms with Crippen molar-refractivity contribution >= 4 is 0 Å². The van der Waals surface area contributed by atoms with Gasteiger partial charge in [-0.05, 0) is 18.8 Å². The first kappa shape index (κ1) is 13.5. The van der Waals surface area contributed by atoms with Crippen LogP contribution in [-0.4, -0.2) is 24.5 Å². The molecule has 92 valence electrons. The second-order valence-electron chi connectivity index (χ2n) is 5.48. The van der Waals surface area contributed by atoms with E-state index >= 15 is 0 Å². The number of likely N-dealkylation sites (tertiary alicyclic amines) is 1. The first-order valence-corrected chi connectivity index (χ1v) is 6.79. The minimum Gasteiger partial charge on any atom is -0.301 e. The molecule has 0 radical (unpaired) electrons. The monoisotopic (exact) mass is 222 g/mol. The molecule has 2 nitrogen and oxygen atoms in total. The smallest absolute Gasteiger partial charge is 0.0666 e. The third-order valence-electron chi connectivity index (χ3n) is 3.81. The molecule has 1 aliphatic heterocycles. The molecule has 2 heteroatoms. The molecule has 2 unspecified atom stereocenters. The van der Waals surface area contributed by atoms with E-state index in [4.69, 9.17) is 5.26 Å². The van der Waals surface area contributed by atoms with Crippen LogP contribution in [0.25, 0.3) is 0 Å². The Morgan fingerprint density at radius 3 is 2.56 bits per heavy atom. The summed E-state index contributed by atoms with van der Waals surface area (Å²) >= 11 is 0. The maximum atomic E-state index is 8.74. The Morgan fingerprint density at radius 1 is 1.31 bits per heavy atom. The maximum Gasteiger partial charge on any atom is 0.0666 e. The van der Waals surface area contributed by atoms with Crippen molar-refractivity contribution in [3.8, 4) is 6.07 Å². The Hall–Kier alpha value is -0.550. The summed E-state index contributed by atoms with van der Waals surface area (Å²) in [6, 6.07) is 2.31. The molecule has 1 heterocycles. The molecule has 1 fully saturated rings. The van der Waals surface area contributed by atoms with E-state index in [9.17, 15) is 0 Å². The average Bonchev–Trinajstić information content (AvgIpc) is 2.22. The van der Waals surface area contributed by atoms with Gasteiger partial charge in [0.1, 0.15) is 0 Å². The van der Waals surface area contributed by atoms with Crippen molar-refractivity contribution in [1.82, 2.24) is 4.90 Å². The zero-order valence-corrected chi connectivity index (χ0v) is 11.1. The molecule has 0 aromatic rings. The highest BCUT2D eigenvalue weighted by molar-refractivity contribution is 4.88. The van der Waals surface area contributed by atoms with Crippen molar-refractivity contribution in [3.05, 3.63) is 0 Å². The quantitative estimate of drug-likeness (QED) is 0.618. The molecule has 1 rings (SSSR count). The normalized spacial score (nSPS) is 21.1. The van der Waals surface area contributed by atoms with Gasteiger partial charge in [-0.2, -0.15) is 5.26 Å². The van der Waals surface area contributed by atoms with Gasteiger partial charge < -0.3 is 4.90 Å². The third-order valence-corrected chi connectivity index (χ3v) is 3.81. The summed E-state index contributed by atoms with van der Waals surface area (Å²) in [5.41, 5.74) is 0. The van der Waals surface area contributed by atoms with Gasteiger partial charge in [0.2, 0.25) is 0 Å². The number of unbranched alkanes of at least 4 members (excludes halogenated alkanes) is 2. The van der Waals surface area contributed by atoms with Crippen LogP contribution in [0.4, 0.5) is 0 Å². The second kappa shape index (κ2) is 6.91. The number of nitrogens with zero attached hydrogens (tertiary/aromatic N) is 2. The predicted octanol–water partition coefficient (Wildman–Crippen LogP) is 3.29. The van der Waals surface area contributed by atoms with Crippen LogP contribution in [0.2, 0.25) is 0 Å². The summed E-state index contributed by atoms with van der Waals surface area (Å²) < 4.78 is 0. The molecule has 2 atom stereocenters. The van der Waals surface area contributed by atoms with E-state index in [2.05, 4.69) is 24.8 Å². The number of hydrogen-bond acceptors (Lipinski definition) is 2. The molecule has 0 aromatic carbocycles. The van der Waals surface area contributed by atoms with Crippen molar-refractivity contribution in [3.63, 3.8) is 0 Å². The Morgan fingerprint density at radius 2 is 2.00 bits per heavy atom. The zero-order chi connectivity index (χ0) is 12.0. The van der Waals surface area contributed by atoms with Crippen LogP contribution < -0.4 is 0 Å². The first-order valence-electron chi connectivity index (χ1n) is 6.79. The highest BCUT2D eigenvalue weighted by Gasteiger charge is 2.31. The summed E-state index contributed by atoms with van der Waals surface area (Å²) in [7, 11) is 0. The van der Waals surface area contributed by atoms with Crippen LogP contribution in [0, 0.1) is 29.1 Å². The molecule has 16 heavy (non-hydrogen) atoms. The number of hydrogen-bond donors (Lipinski definition) is 0. The van der Waals surface area contributed by atoms with E-state index < -0.39 is 0 Å². The van der Waals surface area contributed by atoms with Crippen LogP contribution in [0.3, 0.4) is 0 Å². The molecular weight excluding hydrogens is 196 g/mol. The highest BCUT2D eigenvalue weighted by Crippen LogP contribution is 2.27. The van der Waals surface area contributed by atoms with Crippen molar-refractivity contribution < 1.29 is 0 Å². The predicted molar refractivity (Wildman–Crippen MR) is 68.0 cm³/mol.